The standard InChI is InChI=1S/C10H12O4/c1-9-2-4(9)10(3-9)7(13)5(11)6(12)8(10)14/h4-6,11-12H,2-3H2,1H3. The van der Waals surface area contributed by atoms with Crippen LogP contribution < -0.4 is 0 Å². The summed E-state index contributed by atoms with van der Waals surface area (Å²) >= 11 is 0. The minimum absolute atomic E-state index is 0.0850. The van der Waals surface area contributed by atoms with Crippen LogP contribution in [0.2, 0.25) is 0 Å². The fraction of sp³-hybridized carbons (Fsp3) is 0.800. The Morgan fingerprint density at radius 3 is 2.00 bits per heavy atom. The van der Waals surface area contributed by atoms with Crippen LogP contribution in [-0.4, -0.2) is 34.0 Å². The van der Waals surface area contributed by atoms with E-state index in [1.165, 1.54) is 0 Å². The number of Topliss-reactive ketones (excluding diaryl/α,β-unsaturated/α-hetero) is 2. The SMILES string of the molecule is CC12CC1C1(C2)C(=O)C(O)C(O)C1=O. The van der Waals surface area contributed by atoms with Crippen LogP contribution in [0.3, 0.4) is 0 Å². The van der Waals surface area contributed by atoms with E-state index >= 15 is 0 Å². The zero-order chi connectivity index (χ0) is 10.3. The molecule has 4 heteroatoms. The molecule has 3 aliphatic rings. The zero-order valence-electron chi connectivity index (χ0n) is 7.86. The molecule has 76 valence electrons. The highest BCUT2D eigenvalue weighted by atomic mass is 16.3. The van der Waals surface area contributed by atoms with Gasteiger partial charge in [0.15, 0.2) is 11.6 Å². The molecule has 0 aromatic carbocycles. The van der Waals surface area contributed by atoms with E-state index in [9.17, 15) is 19.8 Å². The molecule has 0 bridgehead atoms. The topological polar surface area (TPSA) is 74.6 Å². The molecule has 0 heterocycles. The van der Waals surface area contributed by atoms with Gasteiger partial charge in [0, 0.05) is 0 Å². The molecule has 4 nitrogen and oxygen atoms in total. The predicted molar refractivity (Wildman–Crippen MR) is 45.3 cm³/mol. The average Bonchev–Trinajstić information content (AvgIpc) is 2.65. The molecule has 0 radical (unpaired) electrons. The van der Waals surface area contributed by atoms with Gasteiger partial charge in [-0.2, -0.15) is 0 Å². The Morgan fingerprint density at radius 2 is 1.71 bits per heavy atom. The third-order valence-electron chi connectivity index (χ3n) is 4.34. The Morgan fingerprint density at radius 1 is 1.21 bits per heavy atom. The van der Waals surface area contributed by atoms with E-state index in [0.29, 0.717) is 6.42 Å². The first-order valence-corrected chi connectivity index (χ1v) is 4.88. The van der Waals surface area contributed by atoms with Crippen molar-refractivity contribution in [1.82, 2.24) is 0 Å². The first kappa shape index (κ1) is 8.56. The second-order valence-electron chi connectivity index (χ2n) is 5.18. The monoisotopic (exact) mass is 196 g/mol. The molecule has 1 spiro atoms. The van der Waals surface area contributed by atoms with Crippen LogP contribution in [0.25, 0.3) is 0 Å². The van der Waals surface area contributed by atoms with Gasteiger partial charge in [0.1, 0.15) is 12.2 Å². The largest absolute Gasteiger partial charge is 0.382 e. The summed E-state index contributed by atoms with van der Waals surface area (Å²) in [6, 6.07) is 0. The van der Waals surface area contributed by atoms with E-state index in [1.54, 1.807) is 0 Å². The fourth-order valence-corrected chi connectivity index (χ4v) is 3.45. The van der Waals surface area contributed by atoms with E-state index in [2.05, 4.69) is 0 Å². The smallest absolute Gasteiger partial charge is 0.178 e. The maximum absolute atomic E-state index is 11.7. The minimum Gasteiger partial charge on any atom is -0.382 e. The number of carbonyl (C=O) groups excluding carboxylic acids is 2. The van der Waals surface area contributed by atoms with E-state index in [1.807, 2.05) is 6.92 Å². The molecular weight excluding hydrogens is 184 g/mol. The van der Waals surface area contributed by atoms with Crippen molar-refractivity contribution >= 4 is 11.6 Å². The second-order valence-corrected chi connectivity index (χ2v) is 5.18. The molecule has 3 aliphatic carbocycles. The maximum Gasteiger partial charge on any atom is 0.178 e. The van der Waals surface area contributed by atoms with E-state index in [-0.39, 0.29) is 11.3 Å². The lowest BCUT2D eigenvalue weighted by molar-refractivity contribution is -0.147. The maximum atomic E-state index is 11.7. The lowest BCUT2D eigenvalue weighted by atomic mass is 9.60. The van der Waals surface area contributed by atoms with Gasteiger partial charge >= 0.3 is 0 Å². The van der Waals surface area contributed by atoms with E-state index < -0.39 is 29.2 Å². The van der Waals surface area contributed by atoms with Crippen LogP contribution in [-0.2, 0) is 9.59 Å². The van der Waals surface area contributed by atoms with Crippen molar-refractivity contribution in [1.29, 1.82) is 0 Å². The van der Waals surface area contributed by atoms with Crippen molar-refractivity contribution in [3.05, 3.63) is 0 Å². The lowest BCUT2D eigenvalue weighted by Gasteiger charge is -2.39. The van der Waals surface area contributed by atoms with Gasteiger partial charge in [-0.1, -0.05) is 6.92 Å². The summed E-state index contributed by atoms with van der Waals surface area (Å²) in [5.74, 6) is -0.813. The highest BCUT2D eigenvalue weighted by Gasteiger charge is 2.81. The van der Waals surface area contributed by atoms with Crippen molar-refractivity contribution in [3.63, 3.8) is 0 Å². The Labute approximate surface area is 80.9 Å². The van der Waals surface area contributed by atoms with E-state index in [4.69, 9.17) is 0 Å². The summed E-state index contributed by atoms with van der Waals surface area (Å²) in [6.45, 7) is 2.04. The molecule has 0 saturated heterocycles. The van der Waals surface area contributed by atoms with Crippen LogP contribution in [0.1, 0.15) is 19.8 Å². The molecule has 0 aromatic rings. The first-order chi connectivity index (χ1) is 6.43. The van der Waals surface area contributed by atoms with Gasteiger partial charge in [-0.3, -0.25) is 9.59 Å². The highest BCUT2D eigenvalue weighted by molar-refractivity contribution is 6.19. The summed E-state index contributed by atoms with van der Waals surface area (Å²) in [4.78, 5) is 23.4. The van der Waals surface area contributed by atoms with E-state index in [0.717, 1.165) is 6.42 Å². The number of fused-ring (bicyclic) bond motifs is 2. The fourth-order valence-electron chi connectivity index (χ4n) is 3.45. The minimum atomic E-state index is -1.48. The van der Waals surface area contributed by atoms with Crippen molar-refractivity contribution in [2.24, 2.45) is 16.7 Å². The van der Waals surface area contributed by atoms with Crippen LogP contribution in [0, 0.1) is 16.7 Å². The van der Waals surface area contributed by atoms with Crippen molar-refractivity contribution in [2.45, 2.75) is 32.0 Å². The highest BCUT2D eigenvalue weighted by Crippen LogP contribution is 2.78. The summed E-state index contributed by atoms with van der Waals surface area (Å²) in [5, 5.41) is 18.7. The molecule has 3 rings (SSSR count). The number of rotatable bonds is 0. The van der Waals surface area contributed by atoms with Crippen LogP contribution in [0.4, 0.5) is 0 Å². The Bertz CT molecular complexity index is 341. The van der Waals surface area contributed by atoms with Crippen molar-refractivity contribution in [3.8, 4) is 0 Å². The second kappa shape index (κ2) is 1.95. The number of aliphatic hydroxyl groups excluding tert-OH is 2. The normalized spacial score (nSPS) is 60.1. The van der Waals surface area contributed by atoms with Crippen molar-refractivity contribution in [2.75, 3.05) is 0 Å². The number of hydrogen-bond donors (Lipinski definition) is 2. The van der Waals surface area contributed by atoms with Gasteiger partial charge in [0.25, 0.3) is 0 Å². The lowest BCUT2D eigenvalue weighted by Crippen LogP contribution is -2.48. The predicted octanol–water partition coefficient (Wildman–Crippen LogP) is -0.724. The molecule has 4 atom stereocenters. The average molecular weight is 196 g/mol. The summed E-state index contributed by atoms with van der Waals surface area (Å²) in [7, 11) is 0. The quantitative estimate of drug-likeness (QED) is 0.501. The molecule has 0 amide bonds. The van der Waals surface area contributed by atoms with Gasteiger partial charge in [-0.25, -0.2) is 0 Å². The third kappa shape index (κ3) is 0.605. The number of aliphatic hydroxyl groups is 2. The third-order valence-corrected chi connectivity index (χ3v) is 4.34. The van der Waals surface area contributed by atoms with Gasteiger partial charge in [-0.05, 0) is 24.2 Å². The van der Waals surface area contributed by atoms with Gasteiger partial charge in [0.2, 0.25) is 0 Å². The molecule has 3 saturated carbocycles. The van der Waals surface area contributed by atoms with Crippen LogP contribution in [0.15, 0.2) is 0 Å². The molecule has 3 fully saturated rings. The molecule has 2 N–H and O–H groups in total. The Hall–Kier alpha value is -0.740. The summed E-state index contributed by atoms with van der Waals surface area (Å²) in [5.41, 5.74) is -0.872. The number of carbonyl (C=O) groups is 2. The van der Waals surface area contributed by atoms with Crippen molar-refractivity contribution < 1.29 is 19.8 Å². The molecule has 0 aliphatic heterocycles. The van der Waals surface area contributed by atoms with Gasteiger partial charge in [-0.15, -0.1) is 0 Å². The van der Waals surface area contributed by atoms with Gasteiger partial charge < -0.3 is 10.2 Å². The van der Waals surface area contributed by atoms with Gasteiger partial charge in [0.05, 0.1) is 5.41 Å². The van der Waals surface area contributed by atoms with Crippen LogP contribution >= 0.6 is 0 Å². The number of hydrogen-bond acceptors (Lipinski definition) is 4. The number of ketones is 2. The summed E-state index contributed by atoms with van der Waals surface area (Å²) < 4.78 is 0. The molecule has 0 aromatic heterocycles. The Balaban J connectivity index is 2.02. The zero-order valence-corrected chi connectivity index (χ0v) is 7.86. The Kier molecular flexibility index (Phi) is 1.19. The van der Waals surface area contributed by atoms with Crippen LogP contribution in [0.5, 0.6) is 0 Å². The molecule has 4 unspecified atom stereocenters. The molecular formula is C10H12O4. The first-order valence-electron chi connectivity index (χ1n) is 4.88. The molecule has 14 heavy (non-hydrogen) atoms. The summed E-state index contributed by atoms with van der Waals surface area (Å²) in [6.07, 6.45) is -1.55.